The number of halogens is 2. The molecule has 3 aromatic heterocycles. The molecule has 11 nitrogen and oxygen atoms in total. The fraction of sp³-hybridized carbons (Fsp3) is 0.138. The summed E-state index contributed by atoms with van der Waals surface area (Å²) in [5.74, 6) is -2.42. The lowest BCUT2D eigenvalue weighted by molar-refractivity contribution is -0.116. The van der Waals surface area contributed by atoms with Crippen LogP contribution in [0.1, 0.15) is 24.2 Å². The Morgan fingerprint density at radius 1 is 1.00 bits per heavy atom. The SMILES string of the molecule is CCn1cc(C(=O)Nc2ccc(Oc3cc(N(C)C(C)=O)cn4nccc34)c(F)c2)c(=O)n(-c2ccc(F)cc2)c1=O. The summed E-state index contributed by atoms with van der Waals surface area (Å²) in [4.78, 5) is 52.4. The van der Waals surface area contributed by atoms with E-state index in [0.717, 1.165) is 33.5 Å². The predicted molar refractivity (Wildman–Crippen MR) is 151 cm³/mol. The van der Waals surface area contributed by atoms with Gasteiger partial charge in [0.05, 0.1) is 23.8 Å². The fourth-order valence-corrected chi connectivity index (χ4v) is 4.21. The highest BCUT2D eigenvalue weighted by Gasteiger charge is 2.20. The minimum absolute atomic E-state index is 0.0198. The van der Waals surface area contributed by atoms with Gasteiger partial charge in [0.15, 0.2) is 17.3 Å². The average molecular weight is 575 g/mol. The predicted octanol–water partition coefficient (Wildman–Crippen LogP) is 3.97. The maximum absolute atomic E-state index is 15.2. The number of ether oxygens (including phenoxy) is 1. The number of hydrogen-bond acceptors (Lipinski definition) is 6. The Kier molecular flexibility index (Phi) is 7.40. The minimum Gasteiger partial charge on any atom is -0.452 e. The van der Waals surface area contributed by atoms with Crippen molar-refractivity contribution < 1.29 is 23.1 Å². The third kappa shape index (κ3) is 5.27. The molecular formula is C29H24F2N6O5. The zero-order valence-corrected chi connectivity index (χ0v) is 22.7. The number of aryl methyl sites for hydroxylation is 1. The first-order valence-corrected chi connectivity index (χ1v) is 12.7. The fourth-order valence-electron chi connectivity index (χ4n) is 4.21. The van der Waals surface area contributed by atoms with Gasteiger partial charge in [-0.05, 0) is 49.4 Å². The van der Waals surface area contributed by atoms with Crippen LogP contribution in [0.3, 0.4) is 0 Å². The summed E-state index contributed by atoms with van der Waals surface area (Å²) < 4.78 is 37.8. The van der Waals surface area contributed by atoms with Crippen molar-refractivity contribution in [2.75, 3.05) is 17.3 Å². The molecule has 0 radical (unpaired) electrons. The first kappa shape index (κ1) is 28.0. The van der Waals surface area contributed by atoms with Crippen LogP contribution in [0, 0.1) is 11.6 Å². The number of aromatic nitrogens is 4. The molecule has 2 aromatic carbocycles. The highest BCUT2D eigenvalue weighted by atomic mass is 19.1. The van der Waals surface area contributed by atoms with Crippen molar-refractivity contribution in [3.05, 3.63) is 111 Å². The molecular weight excluding hydrogens is 550 g/mol. The molecule has 2 amide bonds. The standard InChI is InChI=1S/C29H24F2N6O5/c1-4-35-16-22(28(40)37(29(35)41)20-8-5-18(30)6-9-20)27(39)33-19-7-10-25(23(31)13-19)42-26-14-21(34(3)17(2)38)15-36-24(26)11-12-32-36/h5-16H,4H2,1-3H3,(H,33,39). The zero-order chi connectivity index (χ0) is 30.1. The summed E-state index contributed by atoms with van der Waals surface area (Å²) in [7, 11) is 1.58. The van der Waals surface area contributed by atoms with Crippen molar-refractivity contribution in [2.45, 2.75) is 20.4 Å². The van der Waals surface area contributed by atoms with E-state index in [-0.39, 0.29) is 40.9 Å². The van der Waals surface area contributed by atoms with E-state index in [9.17, 15) is 23.6 Å². The number of hydrogen-bond donors (Lipinski definition) is 1. The van der Waals surface area contributed by atoms with Crippen molar-refractivity contribution in [1.82, 2.24) is 18.7 Å². The molecule has 0 spiro atoms. The van der Waals surface area contributed by atoms with Gasteiger partial charge in [-0.2, -0.15) is 5.10 Å². The molecule has 0 atom stereocenters. The zero-order valence-electron chi connectivity index (χ0n) is 22.7. The van der Waals surface area contributed by atoms with E-state index in [2.05, 4.69) is 10.4 Å². The Bertz CT molecular complexity index is 1960. The second-order valence-corrected chi connectivity index (χ2v) is 9.23. The van der Waals surface area contributed by atoms with Crippen LogP contribution in [0.5, 0.6) is 11.5 Å². The van der Waals surface area contributed by atoms with Crippen LogP contribution in [0.2, 0.25) is 0 Å². The van der Waals surface area contributed by atoms with Gasteiger partial charge >= 0.3 is 5.69 Å². The molecule has 0 aliphatic carbocycles. The van der Waals surface area contributed by atoms with E-state index in [1.54, 1.807) is 32.3 Å². The number of pyridine rings is 1. The van der Waals surface area contributed by atoms with Crippen LogP contribution in [-0.4, -0.2) is 37.6 Å². The molecule has 5 aromatic rings. The number of carbonyl (C=O) groups excluding carboxylic acids is 2. The summed E-state index contributed by atoms with van der Waals surface area (Å²) in [6.45, 7) is 3.20. The van der Waals surface area contributed by atoms with Crippen molar-refractivity contribution >= 4 is 28.7 Å². The molecule has 0 aliphatic heterocycles. The lowest BCUT2D eigenvalue weighted by Crippen LogP contribution is -2.42. The topological polar surface area (TPSA) is 120 Å². The van der Waals surface area contributed by atoms with Gasteiger partial charge in [-0.1, -0.05) is 0 Å². The molecule has 3 heterocycles. The molecule has 214 valence electrons. The molecule has 13 heteroatoms. The maximum atomic E-state index is 15.2. The molecule has 42 heavy (non-hydrogen) atoms. The first-order valence-electron chi connectivity index (χ1n) is 12.7. The number of amides is 2. The normalized spacial score (nSPS) is 11.0. The molecule has 5 rings (SSSR count). The van der Waals surface area contributed by atoms with Crippen LogP contribution in [0.25, 0.3) is 11.2 Å². The van der Waals surface area contributed by atoms with E-state index in [1.165, 1.54) is 46.8 Å². The summed E-state index contributed by atoms with van der Waals surface area (Å²) in [5, 5.41) is 6.64. The Morgan fingerprint density at radius 3 is 2.40 bits per heavy atom. The molecule has 0 fully saturated rings. The monoisotopic (exact) mass is 574 g/mol. The number of nitrogens with one attached hydrogen (secondary N) is 1. The number of rotatable bonds is 7. The summed E-state index contributed by atoms with van der Waals surface area (Å²) in [5.41, 5.74) is -0.906. The minimum atomic E-state index is -0.922. The van der Waals surface area contributed by atoms with Gasteiger partial charge in [0, 0.05) is 44.5 Å². The van der Waals surface area contributed by atoms with Gasteiger partial charge in [-0.15, -0.1) is 0 Å². The van der Waals surface area contributed by atoms with E-state index in [1.807, 2.05) is 0 Å². The largest absolute Gasteiger partial charge is 0.452 e. The van der Waals surface area contributed by atoms with Gasteiger partial charge in [0.2, 0.25) is 5.91 Å². The maximum Gasteiger partial charge on any atom is 0.335 e. The van der Waals surface area contributed by atoms with Gasteiger partial charge < -0.3 is 15.0 Å². The number of benzene rings is 2. The molecule has 0 bridgehead atoms. The van der Waals surface area contributed by atoms with Crippen LogP contribution in [-0.2, 0) is 11.3 Å². The third-order valence-electron chi connectivity index (χ3n) is 6.55. The summed E-state index contributed by atoms with van der Waals surface area (Å²) in [6, 6.07) is 11.6. The van der Waals surface area contributed by atoms with Crippen molar-refractivity contribution in [3.63, 3.8) is 0 Å². The first-order chi connectivity index (χ1) is 20.1. The highest BCUT2D eigenvalue weighted by molar-refractivity contribution is 6.04. The number of carbonyl (C=O) groups is 2. The Hall–Kier alpha value is -5.59. The molecule has 1 N–H and O–H groups in total. The molecule has 0 saturated carbocycles. The van der Waals surface area contributed by atoms with Gasteiger partial charge in [0.1, 0.15) is 16.9 Å². The molecule has 0 unspecified atom stereocenters. The molecule has 0 saturated heterocycles. The lowest BCUT2D eigenvalue weighted by atomic mass is 10.2. The van der Waals surface area contributed by atoms with Gasteiger partial charge in [0.25, 0.3) is 11.5 Å². The molecule has 0 aliphatic rings. The Balaban J connectivity index is 1.44. The summed E-state index contributed by atoms with van der Waals surface area (Å²) >= 11 is 0. The van der Waals surface area contributed by atoms with Crippen molar-refractivity contribution in [1.29, 1.82) is 0 Å². The van der Waals surface area contributed by atoms with Gasteiger partial charge in [-0.25, -0.2) is 22.7 Å². The Labute approximate surface area is 236 Å². The third-order valence-corrected chi connectivity index (χ3v) is 6.55. The van der Waals surface area contributed by atoms with E-state index < -0.39 is 28.8 Å². The summed E-state index contributed by atoms with van der Waals surface area (Å²) in [6.07, 6.45) is 4.28. The number of fused-ring (bicyclic) bond motifs is 1. The smallest absolute Gasteiger partial charge is 0.335 e. The Morgan fingerprint density at radius 2 is 1.74 bits per heavy atom. The van der Waals surface area contributed by atoms with Crippen LogP contribution in [0.4, 0.5) is 20.2 Å². The highest BCUT2D eigenvalue weighted by Crippen LogP contribution is 2.32. The lowest BCUT2D eigenvalue weighted by Gasteiger charge is -2.17. The van der Waals surface area contributed by atoms with Crippen molar-refractivity contribution in [3.8, 4) is 17.2 Å². The number of nitrogens with zero attached hydrogens (tertiary/aromatic N) is 5. The van der Waals surface area contributed by atoms with Crippen molar-refractivity contribution in [2.24, 2.45) is 0 Å². The van der Waals surface area contributed by atoms with E-state index >= 15 is 4.39 Å². The van der Waals surface area contributed by atoms with E-state index in [0.29, 0.717) is 11.2 Å². The van der Waals surface area contributed by atoms with Crippen LogP contribution >= 0.6 is 0 Å². The second-order valence-electron chi connectivity index (χ2n) is 9.23. The van der Waals surface area contributed by atoms with Gasteiger partial charge in [-0.3, -0.25) is 19.0 Å². The quantitative estimate of drug-likeness (QED) is 0.314. The van der Waals surface area contributed by atoms with Crippen LogP contribution in [0.15, 0.2) is 82.8 Å². The average Bonchev–Trinajstić information content (AvgIpc) is 3.44. The van der Waals surface area contributed by atoms with Crippen LogP contribution < -0.4 is 26.2 Å². The number of anilines is 2. The van der Waals surface area contributed by atoms with E-state index in [4.69, 9.17) is 4.74 Å². The second kappa shape index (κ2) is 11.1.